The first-order valence-electron chi connectivity index (χ1n) is 16.1. The summed E-state index contributed by atoms with van der Waals surface area (Å²) >= 11 is 0. The molecule has 0 heterocycles. The number of allylic oxidation sites excluding steroid dienone is 1. The molecule has 42 heavy (non-hydrogen) atoms. The van der Waals surface area contributed by atoms with E-state index in [4.69, 9.17) is 4.74 Å². The van der Waals surface area contributed by atoms with Crippen LogP contribution in [-0.4, -0.2) is 0 Å². The Labute approximate surface area is 250 Å². The first-order chi connectivity index (χ1) is 20.5. The first-order valence-corrected chi connectivity index (χ1v) is 16.1. The van der Waals surface area contributed by atoms with Crippen LogP contribution in [0, 0.1) is 35.2 Å². The van der Waals surface area contributed by atoms with E-state index in [1.807, 2.05) is 6.07 Å². The minimum atomic E-state index is -1.03. The predicted octanol–water partition coefficient (Wildman–Crippen LogP) is 12.0. The quantitative estimate of drug-likeness (QED) is 0.173. The second-order valence-corrected chi connectivity index (χ2v) is 12.5. The fourth-order valence-electron chi connectivity index (χ4n) is 7.39. The summed E-state index contributed by atoms with van der Waals surface area (Å²) in [6.45, 7) is 4.01. The van der Waals surface area contributed by atoms with E-state index < -0.39 is 11.6 Å². The zero-order valence-electron chi connectivity index (χ0n) is 25.2. The van der Waals surface area contributed by atoms with Gasteiger partial charge in [-0.05, 0) is 104 Å². The van der Waals surface area contributed by atoms with Gasteiger partial charge in [-0.3, -0.25) is 0 Å². The maximum atomic E-state index is 15.4. The maximum Gasteiger partial charge on any atom is 0.201 e. The Balaban J connectivity index is 1.18. The number of halogens is 3. The molecule has 2 saturated carbocycles. The van der Waals surface area contributed by atoms with Crippen LogP contribution in [-0.2, 0) is 0 Å². The summed E-state index contributed by atoms with van der Waals surface area (Å²) in [7, 11) is 0. The van der Waals surface area contributed by atoms with E-state index in [9.17, 15) is 8.78 Å². The third kappa shape index (κ3) is 7.13. The van der Waals surface area contributed by atoms with Crippen LogP contribution in [0.5, 0.6) is 5.75 Å². The van der Waals surface area contributed by atoms with Gasteiger partial charge in [0.2, 0.25) is 5.82 Å². The van der Waals surface area contributed by atoms with Crippen molar-refractivity contribution in [3.05, 3.63) is 90.0 Å². The lowest BCUT2D eigenvalue weighted by molar-refractivity contribution is 0.155. The molecule has 4 heteroatoms. The van der Waals surface area contributed by atoms with Crippen molar-refractivity contribution in [1.29, 1.82) is 0 Å². The molecular weight excluding hydrogens is 529 g/mol. The van der Waals surface area contributed by atoms with Gasteiger partial charge in [0.1, 0.15) is 5.82 Å². The van der Waals surface area contributed by atoms with Crippen LogP contribution in [0.25, 0.3) is 22.3 Å². The van der Waals surface area contributed by atoms with Gasteiger partial charge in [-0.25, -0.2) is 8.78 Å². The lowest BCUT2D eigenvalue weighted by Gasteiger charge is -2.38. The Bertz CT molecular complexity index is 1330. The van der Waals surface area contributed by atoms with Gasteiger partial charge in [-0.15, -0.1) is 0 Å². The lowest BCUT2D eigenvalue weighted by atomic mass is 9.68. The average molecular weight is 575 g/mol. The number of unbranched alkanes of at least 4 members (excludes halogenated alkanes) is 2. The Hall–Kier alpha value is -3.01. The standard InChI is InChI=1S/C38H45F3O/c1-3-5-6-7-26-8-10-27(11-9-26)28-12-14-29(15-13-28)32-20-21-33(35(39)25-32)30-16-18-31(19-17-30)34-22-23-36(42-24-4-2)38(41)37(34)40/h4,16-29H,3,5-15H2,1-2H3/b24-4-. The topological polar surface area (TPSA) is 9.23 Å². The van der Waals surface area contributed by atoms with Crippen LogP contribution in [0.3, 0.4) is 0 Å². The second kappa shape index (κ2) is 14.4. The number of rotatable bonds is 10. The number of hydrogen-bond donors (Lipinski definition) is 0. The smallest absolute Gasteiger partial charge is 0.201 e. The molecule has 0 unspecified atom stereocenters. The summed E-state index contributed by atoms with van der Waals surface area (Å²) in [6, 6.07) is 15.5. The molecule has 0 saturated heterocycles. The second-order valence-electron chi connectivity index (χ2n) is 12.5. The van der Waals surface area contributed by atoms with E-state index in [2.05, 4.69) is 13.0 Å². The van der Waals surface area contributed by atoms with Crippen molar-refractivity contribution in [2.45, 2.75) is 96.8 Å². The highest BCUT2D eigenvalue weighted by Gasteiger charge is 2.31. The minimum Gasteiger partial charge on any atom is -0.462 e. The number of benzene rings is 3. The van der Waals surface area contributed by atoms with E-state index in [0.29, 0.717) is 22.6 Å². The average Bonchev–Trinajstić information content (AvgIpc) is 3.02. The molecule has 224 valence electrons. The molecule has 0 amide bonds. The molecule has 1 nitrogen and oxygen atoms in total. The van der Waals surface area contributed by atoms with Crippen molar-refractivity contribution in [1.82, 2.24) is 0 Å². The molecule has 0 bridgehead atoms. The van der Waals surface area contributed by atoms with Gasteiger partial charge in [0.05, 0.1) is 6.26 Å². The SMILES string of the molecule is C/C=C\Oc1ccc(-c2ccc(-c3ccc(C4CCC(C5CCC(CCCCC)CC5)CC4)cc3F)cc2)c(F)c1F. The molecule has 3 aromatic rings. The Morgan fingerprint density at radius 3 is 1.95 bits per heavy atom. The van der Waals surface area contributed by atoms with E-state index in [1.54, 1.807) is 43.3 Å². The number of ether oxygens (including phenoxy) is 1. The Morgan fingerprint density at radius 2 is 1.33 bits per heavy atom. The van der Waals surface area contributed by atoms with Crippen LogP contribution in [0.4, 0.5) is 13.2 Å². The molecule has 0 spiro atoms. The van der Waals surface area contributed by atoms with Crippen LogP contribution in [0.15, 0.2) is 66.9 Å². The van der Waals surface area contributed by atoms with Crippen molar-refractivity contribution in [3.8, 4) is 28.0 Å². The Morgan fingerprint density at radius 1 is 0.714 bits per heavy atom. The lowest BCUT2D eigenvalue weighted by Crippen LogP contribution is -2.25. The summed E-state index contributed by atoms with van der Waals surface area (Å²) in [5.74, 6) is 0.727. The summed E-state index contributed by atoms with van der Waals surface area (Å²) < 4.78 is 49.7. The van der Waals surface area contributed by atoms with Gasteiger partial charge in [-0.1, -0.05) is 87.9 Å². The fourth-order valence-corrected chi connectivity index (χ4v) is 7.39. The monoisotopic (exact) mass is 574 g/mol. The Kier molecular flexibility index (Phi) is 10.5. The van der Waals surface area contributed by atoms with Gasteiger partial charge >= 0.3 is 0 Å². The van der Waals surface area contributed by atoms with Gasteiger partial charge in [0, 0.05) is 11.1 Å². The summed E-state index contributed by atoms with van der Waals surface area (Å²) in [5, 5.41) is 0. The van der Waals surface area contributed by atoms with Crippen molar-refractivity contribution in [2.24, 2.45) is 17.8 Å². The highest BCUT2D eigenvalue weighted by Crippen LogP contribution is 2.45. The molecule has 0 radical (unpaired) electrons. The molecule has 0 aliphatic heterocycles. The van der Waals surface area contributed by atoms with Crippen molar-refractivity contribution < 1.29 is 17.9 Å². The largest absolute Gasteiger partial charge is 0.462 e. The van der Waals surface area contributed by atoms with E-state index >= 15 is 4.39 Å². The third-order valence-electron chi connectivity index (χ3n) is 9.90. The minimum absolute atomic E-state index is 0.137. The molecule has 5 rings (SSSR count). The summed E-state index contributed by atoms with van der Waals surface area (Å²) in [4.78, 5) is 0. The third-order valence-corrected chi connectivity index (χ3v) is 9.90. The van der Waals surface area contributed by atoms with Gasteiger partial charge in [0.25, 0.3) is 0 Å². The summed E-state index contributed by atoms with van der Waals surface area (Å²) in [5.41, 5.74) is 3.00. The fraction of sp³-hybridized carbons (Fsp3) is 0.474. The molecular formula is C38H45F3O. The molecule has 2 aliphatic rings. The number of hydrogen-bond acceptors (Lipinski definition) is 1. The molecule has 0 N–H and O–H groups in total. The van der Waals surface area contributed by atoms with Crippen LogP contribution < -0.4 is 4.74 Å². The normalized spacial score (nSPS) is 22.9. The van der Waals surface area contributed by atoms with E-state index in [1.165, 1.54) is 82.6 Å². The molecule has 2 fully saturated rings. The van der Waals surface area contributed by atoms with Crippen molar-refractivity contribution in [3.63, 3.8) is 0 Å². The molecule has 2 aliphatic carbocycles. The predicted molar refractivity (Wildman–Crippen MR) is 167 cm³/mol. The van der Waals surface area contributed by atoms with Crippen LogP contribution >= 0.6 is 0 Å². The van der Waals surface area contributed by atoms with Gasteiger partial charge < -0.3 is 4.74 Å². The first kappa shape index (κ1) is 30.4. The molecule has 3 aromatic carbocycles. The highest BCUT2D eigenvalue weighted by molar-refractivity contribution is 5.71. The maximum absolute atomic E-state index is 15.4. The summed E-state index contributed by atoms with van der Waals surface area (Å²) in [6.07, 6.45) is 18.9. The van der Waals surface area contributed by atoms with E-state index in [-0.39, 0.29) is 17.1 Å². The highest BCUT2D eigenvalue weighted by atomic mass is 19.2. The van der Waals surface area contributed by atoms with E-state index in [0.717, 1.165) is 36.2 Å². The molecule has 0 atom stereocenters. The van der Waals surface area contributed by atoms with Gasteiger partial charge in [0.15, 0.2) is 11.6 Å². The van der Waals surface area contributed by atoms with Gasteiger partial charge in [-0.2, -0.15) is 4.39 Å². The molecule has 0 aromatic heterocycles. The zero-order valence-corrected chi connectivity index (χ0v) is 25.2. The zero-order chi connectivity index (χ0) is 29.5. The van der Waals surface area contributed by atoms with Crippen LogP contribution in [0.2, 0.25) is 0 Å². The van der Waals surface area contributed by atoms with Crippen molar-refractivity contribution >= 4 is 0 Å². The van der Waals surface area contributed by atoms with Crippen molar-refractivity contribution in [2.75, 3.05) is 0 Å². The van der Waals surface area contributed by atoms with Crippen LogP contribution in [0.1, 0.15) is 102 Å².